The second kappa shape index (κ2) is 10.3. The highest BCUT2D eigenvalue weighted by molar-refractivity contribution is 7.22. The largest absolute Gasteiger partial charge is 0.508 e. The quantitative estimate of drug-likeness (QED) is 0.255. The molecule has 0 radical (unpaired) electrons. The molecule has 0 spiro atoms. The fourth-order valence-corrected chi connectivity index (χ4v) is 4.84. The number of phenols is 2. The van der Waals surface area contributed by atoms with Crippen LogP contribution in [0.2, 0.25) is 0 Å². The zero-order valence-corrected chi connectivity index (χ0v) is 19.8. The topological polar surface area (TPSA) is 99.0 Å². The number of nitrogens with one attached hydrogen (secondary N) is 1. The smallest absolute Gasteiger partial charge is 0.195 e. The summed E-state index contributed by atoms with van der Waals surface area (Å²) in [4.78, 5) is 14.4. The number of carbonyl (C=O) groups is 1. The van der Waals surface area contributed by atoms with Crippen LogP contribution in [0.15, 0.2) is 66.7 Å². The first kappa shape index (κ1) is 23.8. The highest BCUT2D eigenvalue weighted by Gasteiger charge is 2.22. The Labute approximate surface area is 202 Å². The average molecular weight is 478 g/mol. The van der Waals surface area contributed by atoms with Gasteiger partial charge in [-0.1, -0.05) is 13.8 Å². The zero-order chi connectivity index (χ0) is 24.2. The Morgan fingerprint density at radius 1 is 0.971 bits per heavy atom. The molecular formula is C27H27NO5S. The third-order valence-corrected chi connectivity index (χ3v) is 6.55. The minimum absolute atomic E-state index is 0.136. The normalized spacial score (nSPS) is 12.2. The van der Waals surface area contributed by atoms with E-state index in [2.05, 4.69) is 5.32 Å². The van der Waals surface area contributed by atoms with Crippen LogP contribution in [0.4, 0.5) is 0 Å². The molecule has 0 fully saturated rings. The summed E-state index contributed by atoms with van der Waals surface area (Å²) in [7, 11) is 0. The van der Waals surface area contributed by atoms with Crippen molar-refractivity contribution in [3.8, 4) is 27.7 Å². The van der Waals surface area contributed by atoms with Crippen molar-refractivity contribution in [1.82, 2.24) is 5.32 Å². The molecule has 0 amide bonds. The number of aromatic hydroxyl groups is 2. The number of carbonyl (C=O) groups excluding carboxylic acids is 1. The van der Waals surface area contributed by atoms with Crippen molar-refractivity contribution < 1.29 is 24.9 Å². The van der Waals surface area contributed by atoms with Gasteiger partial charge in [0.05, 0.1) is 0 Å². The molecule has 0 saturated carbocycles. The predicted octanol–water partition coefficient (Wildman–Crippen LogP) is 4.95. The van der Waals surface area contributed by atoms with Gasteiger partial charge in [-0.2, -0.15) is 0 Å². The lowest BCUT2D eigenvalue weighted by Gasteiger charge is -2.15. The second-order valence-electron chi connectivity index (χ2n) is 8.41. The highest BCUT2D eigenvalue weighted by Crippen LogP contribution is 2.41. The van der Waals surface area contributed by atoms with Gasteiger partial charge in [-0.15, -0.1) is 11.3 Å². The molecule has 4 N–H and O–H groups in total. The van der Waals surface area contributed by atoms with Crippen molar-refractivity contribution in [2.24, 2.45) is 0 Å². The number of phenolic OH excluding ortho intramolecular Hbond substituents is 2. The number of hydrogen-bond donors (Lipinski definition) is 4. The summed E-state index contributed by atoms with van der Waals surface area (Å²) < 4.78 is 6.46. The number of fused-ring (bicyclic) bond motifs is 1. The lowest BCUT2D eigenvalue weighted by atomic mass is 9.97. The summed E-state index contributed by atoms with van der Waals surface area (Å²) in [5.74, 6) is 0.708. The molecular weight excluding hydrogens is 450 g/mol. The van der Waals surface area contributed by atoms with E-state index in [1.807, 2.05) is 13.8 Å². The molecule has 4 aromatic rings. The number of ether oxygens (including phenoxy) is 1. The molecule has 4 rings (SSSR count). The highest BCUT2D eigenvalue weighted by atomic mass is 32.1. The van der Waals surface area contributed by atoms with E-state index in [0.717, 1.165) is 20.5 Å². The Bertz CT molecular complexity index is 1280. The van der Waals surface area contributed by atoms with Crippen molar-refractivity contribution in [2.75, 3.05) is 13.2 Å². The molecule has 6 nitrogen and oxygen atoms in total. The number of thiophene rings is 1. The van der Waals surface area contributed by atoms with Gasteiger partial charge in [0.25, 0.3) is 0 Å². The number of aliphatic hydroxyl groups excluding tert-OH is 1. The van der Waals surface area contributed by atoms with E-state index < -0.39 is 6.10 Å². The van der Waals surface area contributed by atoms with E-state index in [9.17, 15) is 20.1 Å². The third kappa shape index (κ3) is 5.39. The van der Waals surface area contributed by atoms with Crippen molar-refractivity contribution in [1.29, 1.82) is 0 Å². The summed E-state index contributed by atoms with van der Waals surface area (Å²) in [6, 6.07) is 18.8. The molecule has 0 aliphatic carbocycles. The second-order valence-corrected chi connectivity index (χ2v) is 9.47. The lowest BCUT2D eigenvalue weighted by molar-refractivity contribution is 0.103. The Hall–Kier alpha value is -3.39. The summed E-state index contributed by atoms with van der Waals surface area (Å²) in [5, 5.41) is 33.5. The number of ketones is 1. The monoisotopic (exact) mass is 477 g/mol. The van der Waals surface area contributed by atoms with Crippen LogP contribution >= 0.6 is 11.3 Å². The van der Waals surface area contributed by atoms with E-state index in [0.29, 0.717) is 23.4 Å². The van der Waals surface area contributed by atoms with Gasteiger partial charge in [0, 0.05) is 38.7 Å². The first-order valence-electron chi connectivity index (χ1n) is 11.1. The van der Waals surface area contributed by atoms with Gasteiger partial charge in [0.15, 0.2) is 5.78 Å². The van der Waals surface area contributed by atoms with Crippen molar-refractivity contribution in [2.45, 2.75) is 26.0 Å². The minimum Gasteiger partial charge on any atom is -0.508 e. The number of rotatable bonds is 9. The van der Waals surface area contributed by atoms with E-state index in [1.54, 1.807) is 66.7 Å². The summed E-state index contributed by atoms with van der Waals surface area (Å²) in [6.45, 7) is 4.61. The van der Waals surface area contributed by atoms with Crippen LogP contribution in [0.3, 0.4) is 0 Å². The molecule has 1 atom stereocenters. The van der Waals surface area contributed by atoms with Crippen LogP contribution in [-0.4, -0.2) is 46.4 Å². The van der Waals surface area contributed by atoms with Crippen LogP contribution in [0.1, 0.15) is 29.8 Å². The van der Waals surface area contributed by atoms with Gasteiger partial charge in [0.1, 0.15) is 30.0 Å². The summed E-state index contributed by atoms with van der Waals surface area (Å²) >= 11 is 1.42. The molecule has 34 heavy (non-hydrogen) atoms. The molecule has 7 heteroatoms. The summed E-state index contributed by atoms with van der Waals surface area (Å²) in [5.41, 5.74) is 1.86. The number of benzene rings is 3. The number of aliphatic hydroxyl groups is 1. The standard InChI is InChI=1S/C27H27NO5S/c1-16(2)28-14-21(31)15-33-22-10-5-17(6-11-22)26(32)25-23-12-9-20(30)13-24(23)34-27(25)18-3-7-19(29)8-4-18/h3-13,16,21,28-31H,14-15H2,1-2H3. The third-order valence-electron chi connectivity index (χ3n) is 5.35. The van der Waals surface area contributed by atoms with Crippen molar-refractivity contribution in [3.63, 3.8) is 0 Å². The van der Waals surface area contributed by atoms with Crippen molar-refractivity contribution >= 4 is 27.2 Å². The van der Waals surface area contributed by atoms with Gasteiger partial charge in [-0.3, -0.25) is 4.79 Å². The average Bonchev–Trinajstić information content (AvgIpc) is 3.20. The van der Waals surface area contributed by atoms with Gasteiger partial charge in [0.2, 0.25) is 0 Å². The molecule has 1 heterocycles. The summed E-state index contributed by atoms with van der Waals surface area (Å²) in [6.07, 6.45) is -0.634. The Kier molecular flexibility index (Phi) is 7.17. The maximum Gasteiger partial charge on any atom is 0.195 e. The molecule has 0 bridgehead atoms. The van der Waals surface area contributed by atoms with Crippen molar-refractivity contribution in [3.05, 3.63) is 77.9 Å². The molecule has 1 unspecified atom stereocenters. The van der Waals surface area contributed by atoms with E-state index >= 15 is 0 Å². The SMILES string of the molecule is CC(C)NCC(O)COc1ccc(C(=O)c2c(-c3ccc(O)cc3)sc3cc(O)ccc23)cc1. The van der Waals surface area contributed by atoms with E-state index in [1.165, 1.54) is 11.3 Å². The van der Waals surface area contributed by atoms with Gasteiger partial charge in [-0.25, -0.2) is 0 Å². The first-order chi connectivity index (χ1) is 16.3. The van der Waals surface area contributed by atoms with Gasteiger partial charge < -0.3 is 25.4 Å². The van der Waals surface area contributed by atoms with Crippen LogP contribution in [0.5, 0.6) is 17.2 Å². The molecule has 0 aliphatic rings. The van der Waals surface area contributed by atoms with Crippen LogP contribution in [0, 0.1) is 0 Å². The van der Waals surface area contributed by atoms with E-state index in [4.69, 9.17) is 4.74 Å². The lowest BCUT2D eigenvalue weighted by Crippen LogP contribution is -2.35. The first-order valence-corrected chi connectivity index (χ1v) is 11.9. The maximum atomic E-state index is 13.6. The molecule has 0 aliphatic heterocycles. The van der Waals surface area contributed by atoms with Gasteiger partial charge >= 0.3 is 0 Å². The predicted molar refractivity (Wildman–Crippen MR) is 135 cm³/mol. The molecule has 0 saturated heterocycles. The molecule has 176 valence electrons. The minimum atomic E-state index is -0.634. The Morgan fingerprint density at radius 2 is 1.65 bits per heavy atom. The number of hydrogen-bond acceptors (Lipinski definition) is 7. The zero-order valence-electron chi connectivity index (χ0n) is 19.0. The van der Waals surface area contributed by atoms with Crippen LogP contribution < -0.4 is 10.1 Å². The maximum absolute atomic E-state index is 13.6. The van der Waals surface area contributed by atoms with E-state index in [-0.39, 0.29) is 29.9 Å². The van der Waals surface area contributed by atoms with Crippen LogP contribution in [-0.2, 0) is 0 Å². The molecule has 1 aromatic heterocycles. The van der Waals surface area contributed by atoms with Crippen LogP contribution in [0.25, 0.3) is 20.5 Å². The fraction of sp³-hybridized carbons (Fsp3) is 0.222. The van der Waals surface area contributed by atoms with Gasteiger partial charge in [-0.05, 0) is 72.3 Å². The molecule has 3 aromatic carbocycles. The Balaban J connectivity index is 1.60. The Morgan fingerprint density at radius 3 is 2.32 bits per heavy atom. The fourth-order valence-electron chi connectivity index (χ4n) is 3.60.